The number of likely N-dealkylation sites (N-methyl/N-ethyl adjacent to an activating group) is 1. The van der Waals surface area contributed by atoms with Gasteiger partial charge in [0, 0.05) is 25.8 Å². The number of hydrogen-bond donors (Lipinski definition) is 0. The number of benzene rings is 2. The van der Waals surface area contributed by atoms with Crippen molar-refractivity contribution in [2.45, 2.75) is 33.6 Å². The molecule has 5 heteroatoms. The zero-order chi connectivity index (χ0) is 20.5. The van der Waals surface area contributed by atoms with E-state index in [0.29, 0.717) is 4.91 Å². The van der Waals surface area contributed by atoms with Crippen LogP contribution in [0.3, 0.4) is 0 Å². The summed E-state index contributed by atoms with van der Waals surface area (Å²) in [5.41, 5.74) is 6.79. The predicted octanol–water partition coefficient (Wildman–Crippen LogP) is 5.45. The minimum absolute atomic E-state index is 0.00106. The molecule has 0 saturated carbocycles. The molecule has 4 nitrogen and oxygen atoms in total. The van der Waals surface area contributed by atoms with Gasteiger partial charge in [-0.15, -0.1) is 0 Å². The largest absolute Gasteiger partial charge is 0.372 e. The van der Waals surface area contributed by atoms with Crippen molar-refractivity contribution in [2.75, 3.05) is 25.0 Å². The number of thioether (sulfide) groups is 1. The van der Waals surface area contributed by atoms with Gasteiger partial charge in [0.1, 0.15) is 0 Å². The van der Waals surface area contributed by atoms with Gasteiger partial charge < -0.3 is 4.90 Å². The summed E-state index contributed by atoms with van der Waals surface area (Å²) < 4.78 is 0. The van der Waals surface area contributed by atoms with Gasteiger partial charge in [0.05, 0.1) is 10.6 Å². The van der Waals surface area contributed by atoms with E-state index in [0.717, 1.165) is 29.5 Å². The molecule has 2 aromatic rings. The molecule has 29 heavy (non-hydrogen) atoms. The first-order valence-electron chi connectivity index (χ1n) is 10.1. The monoisotopic (exact) mass is 405 g/mol. The second kappa shape index (κ2) is 8.07. The van der Waals surface area contributed by atoms with Crippen molar-refractivity contribution in [3.8, 4) is 0 Å². The Morgan fingerprint density at radius 1 is 1.00 bits per heavy atom. The van der Waals surface area contributed by atoms with Crippen LogP contribution in [0.5, 0.6) is 0 Å². The zero-order valence-electron chi connectivity index (χ0n) is 17.5. The lowest BCUT2D eigenvalue weighted by molar-refractivity contribution is -0.121. The van der Waals surface area contributed by atoms with Crippen LogP contribution in [0, 0.1) is 20.8 Å². The van der Waals surface area contributed by atoms with Gasteiger partial charge >= 0.3 is 0 Å². The molecule has 0 aliphatic carbocycles. The van der Waals surface area contributed by atoms with Crippen molar-refractivity contribution in [2.24, 2.45) is 4.99 Å². The summed E-state index contributed by atoms with van der Waals surface area (Å²) in [6, 6.07) is 12.7. The second-order valence-electron chi connectivity index (χ2n) is 7.95. The fourth-order valence-corrected chi connectivity index (χ4v) is 4.89. The topological polar surface area (TPSA) is 35.9 Å². The van der Waals surface area contributed by atoms with Gasteiger partial charge in [0.25, 0.3) is 5.91 Å². The van der Waals surface area contributed by atoms with E-state index in [1.807, 2.05) is 18.2 Å². The van der Waals surface area contributed by atoms with E-state index in [2.05, 4.69) is 49.9 Å². The summed E-state index contributed by atoms with van der Waals surface area (Å²) in [7, 11) is 1.79. The fraction of sp³-hybridized carbons (Fsp3) is 0.333. The Kier molecular flexibility index (Phi) is 5.50. The zero-order valence-corrected chi connectivity index (χ0v) is 18.3. The first-order valence-corrected chi connectivity index (χ1v) is 10.9. The number of rotatable bonds is 3. The highest BCUT2D eigenvalue weighted by atomic mass is 32.2. The molecule has 1 amide bonds. The van der Waals surface area contributed by atoms with Crippen LogP contribution in [0.15, 0.2) is 46.3 Å². The van der Waals surface area contributed by atoms with E-state index in [-0.39, 0.29) is 5.91 Å². The highest BCUT2D eigenvalue weighted by Gasteiger charge is 2.30. The molecule has 2 aliphatic heterocycles. The maximum atomic E-state index is 12.8. The van der Waals surface area contributed by atoms with Crippen molar-refractivity contribution >= 4 is 40.3 Å². The number of amidine groups is 1. The third-order valence-corrected chi connectivity index (χ3v) is 6.51. The Bertz CT molecular complexity index is 999. The quantitative estimate of drug-likeness (QED) is 0.638. The summed E-state index contributed by atoms with van der Waals surface area (Å²) in [6.45, 7) is 8.51. The predicted molar refractivity (Wildman–Crippen MR) is 124 cm³/mol. The van der Waals surface area contributed by atoms with Crippen molar-refractivity contribution in [1.29, 1.82) is 0 Å². The number of aliphatic imine (C=N–C) groups is 1. The normalized spacial score (nSPS) is 19.8. The van der Waals surface area contributed by atoms with Crippen LogP contribution in [0.4, 0.5) is 11.4 Å². The number of anilines is 1. The molecule has 0 bridgehead atoms. The van der Waals surface area contributed by atoms with E-state index in [1.54, 1.807) is 11.9 Å². The Morgan fingerprint density at radius 3 is 2.34 bits per heavy atom. The van der Waals surface area contributed by atoms with E-state index >= 15 is 0 Å². The standard InChI is InChI=1S/C24H27N3OS/c1-16-11-17(2)13-20(12-16)25-24-26(4)23(28)22(29-24)15-19-7-8-21(14-18(19)3)27-9-5-6-10-27/h7-8,11-15H,5-6,9-10H2,1-4H3/b22-15-,25-24?. The Morgan fingerprint density at radius 2 is 1.69 bits per heavy atom. The van der Waals surface area contributed by atoms with Gasteiger partial charge in [0.15, 0.2) is 5.17 Å². The van der Waals surface area contributed by atoms with E-state index < -0.39 is 0 Å². The maximum absolute atomic E-state index is 12.8. The highest BCUT2D eigenvalue weighted by molar-refractivity contribution is 8.18. The number of aryl methyl sites for hydroxylation is 3. The lowest BCUT2D eigenvalue weighted by Gasteiger charge is -2.18. The minimum atomic E-state index is 0.00106. The SMILES string of the molecule is Cc1cc(C)cc(N=C2S/C(=C\c3ccc(N4CCCC4)cc3C)C(=O)N2C)c1. The first-order chi connectivity index (χ1) is 13.9. The summed E-state index contributed by atoms with van der Waals surface area (Å²) in [5, 5.41) is 0.720. The number of hydrogen-bond acceptors (Lipinski definition) is 4. The summed E-state index contributed by atoms with van der Waals surface area (Å²) in [4.78, 5) is 22.3. The summed E-state index contributed by atoms with van der Waals surface area (Å²) in [5.74, 6) is 0.00106. The van der Waals surface area contributed by atoms with Gasteiger partial charge in [-0.2, -0.15) is 0 Å². The molecular weight excluding hydrogens is 378 g/mol. The van der Waals surface area contributed by atoms with Crippen LogP contribution in [-0.2, 0) is 4.79 Å². The van der Waals surface area contributed by atoms with Gasteiger partial charge in [-0.3, -0.25) is 9.69 Å². The molecule has 0 unspecified atom stereocenters. The molecule has 0 N–H and O–H groups in total. The number of carbonyl (C=O) groups is 1. The first kappa shape index (κ1) is 19.8. The van der Waals surface area contributed by atoms with E-state index in [1.165, 1.54) is 47.0 Å². The molecule has 0 radical (unpaired) electrons. The molecule has 2 heterocycles. The molecule has 4 rings (SSSR count). The van der Waals surface area contributed by atoms with Gasteiger partial charge in [-0.25, -0.2) is 4.99 Å². The number of amides is 1. The fourth-order valence-electron chi connectivity index (χ4n) is 3.91. The van der Waals surface area contributed by atoms with Gasteiger partial charge in [-0.05, 0) is 98.0 Å². The average molecular weight is 406 g/mol. The lowest BCUT2D eigenvalue weighted by Crippen LogP contribution is -2.23. The Labute approximate surface area is 177 Å². The maximum Gasteiger partial charge on any atom is 0.266 e. The number of carbonyl (C=O) groups excluding carboxylic acids is 1. The number of nitrogens with zero attached hydrogens (tertiary/aromatic N) is 3. The van der Waals surface area contributed by atoms with Crippen molar-refractivity contribution in [3.05, 3.63) is 63.6 Å². The molecule has 2 saturated heterocycles. The minimum Gasteiger partial charge on any atom is -0.372 e. The third-order valence-electron chi connectivity index (χ3n) is 5.45. The van der Waals surface area contributed by atoms with E-state index in [4.69, 9.17) is 4.99 Å². The van der Waals surface area contributed by atoms with Crippen molar-refractivity contribution < 1.29 is 4.79 Å². The van der Waals surface area contributed by atoms with Crippen LogP contribution in [0.1, 0.15) is 35.1 Å². The molecule has 0 atom stereocenters. The lowest BCUT2D eigenvalue weighted by atomic mass is 10.1. The van der Waals surface area contributed by atoms with Crippen molar-refractivity contribution in [3.63, 3.8) is 0 Å². The van der Waals surface area contributed by atoms with Crippen molar-refractivity contribution in [1.82, 2.24) is 4.90 Å². The van der Waals surface area contributed by atoms with E-state index in [9.17, 15) is 4.79 Å². The second-order valence-corrected chi connectivity index (χ2v) is 8.96. The molecule has 150 valence electrons. The molecular formula is C24H27N3OS. The van der Waals surface area contributed by atoms with Gasteiger partial charge in [0.2, 0.25) is 0 Å². The average Bonchev–Trinajstić information content (AvgIpc) is 3.28. The Balaban J connectivity index is 1.59. The van der Waals surface area contributed by atoms with Crippen LogP contribution in [0.2, 0.25) is 0 Å². The van der Waals surface area contributed by atoms with Crippen LogP contribution in [0.25, 0.3) is 6.08 Å². The van der Waals surface area contributed by atoms with Gasteiger partial charge in [-0.1, -0.05) is 12.1 Å². The van der Waals surface area contributed by atoms with Crippen LogP contribution < -0.4 is 4.90 Å². The molecule has 0 spiro atoms. The van der Waals surface area contributed by atoms with Crippen LogP contribution >= 0.6 is 11.8 Å². The molecule has 2 fully saturated rings. The van der Waals surface area contributed by atoms with Crippen LogP contribution in [-0.4, -0.2) is 36.1 Å². The third kappa shape index (κ3) is 4.25. The molecule has 2 aliphatic rings. The summed E-state index contributed by atoms with van der Waals surface area (Å²) >= 11 is 1.44. The Hall–Kier alpha value is -2.53. The summed E-state index contributed by atoms with van der Waals surface area (Å²) in [6.07, 6.45) is 4.53. The molecule has 2 aromatic carbocycles. The highest BCUT2D eigenvalue weighted by Crippen LogP contribution is 2.34. The molecule has 0 aromatic heterocycles. The smallest absolute Gasteiger partial charge is 0.266 e.